The molecule has 0 spiro atoms. The molecule has 1 fully saturated rings. The summed E-state index contributed by atoms with van der Waals surface area (Å²) >= 11 is 5.83. The molecule has 1 aliphatic rings. The molecular formula is C20H23ClN2O. The van der Waals surface area contributed by atoms with Crippen molar-refractivity contribution in [1.29, 1.82) is 0 Å². The lowest BCUT2D eigenvalue weighted by atomic mass is 10.1. The van der Waals surface area contributed by atoms with Crippen LogP contribution in [0.3, 0.4) is 0 Å². The monoisotopic (exact) mass is 342 g/mol. The Morgan fingerprint density at radius 1 is 0.958 bits per heavy atom. The number of nitrogens with one attached hydrogen (secondary N) is 1. The zero-order valence-electron chi connectivity index (χ0n) is 13.8. The summed E-state index contributed by atoms with van der Waals surface area (Å²) < 4.78 is 0. The van der Waals surface area contributed by atoms with Crippen molar-refractivity contribution in [2.24, 2.45) is 0 Å². The number of piperidine rings is 1. The molecule has 3 rings (SSSR count). The molecule has 2 aromatic rings. The van der Waals surface area contributed by atoms with E-state index in [0.717, 1.165) is 19.5 Å². The molecule has 0 bridgehead atoms. The van der Waals surface area contributed by atoms with Gasteiger partial charge in [-0.05, 0) is 67.6 Å². The van der Waals surface area contributed by atoms with E-state index in [1.807, 2.05) is 0 Å². The molecule has 1 aliphatic heterocycles. The number of halogens is 1. The molecule has 0 radical (unpaired) electrons. The zero-order valence-corrected chi connectivity index (χ0v) is 14.6. The van der Waals surface area contributed by atoms with E-state index in [1.165, 1.54) is 30.5 Å². The molecule has 24 heavy (non-hydrogen) atoms. The maximum atomic E-state index is 12.0. The van der Waals surface area contributed by atoms with Crippen LogP contribution >= 0.6 is 11.6 Å². The Morgan fingerprint density at radius 2 is 1.62 bits per heavy atom. The highest BCUT2D eigenvalue weighted by molar-refractivity contribution is 6.30. The Bertz CT molecular complexity index is 661. The summed E-state index contributed by atoms with van der Waals surface area (Å²) in [5.41, 5.74) is 3.19. The Labute approximate surface area is 148 Å². The van der Waals surface area contributed by atoms with E-state index in [4.69, 9.17) is 11.6 Å². The van der Waals surface area contributed by atoms with Gasteiger partial charge in [0.15, 0.2) is 0 Å². The lowest BCUT2D eigenvalue weighted by Crippen LogP contribution is -2.29. The van der Waals surface area contributed by atoms with Crippen molar-refractivity contribution in [2.45, 2.75) is 25.7 Å². The average molecular weight is 343 g/mol. The molecule has 1 heterocycles. The molecule has 1 N–H and O–H groups in total. The number of benzene rings is 2. The van der Waals surface area contributed by atoms with Gasteiger partial charge in [0.05, 0.1) is 0 Å². The topological polar surface area (TPSA) is 32.3 Å². The second-order valence-corrected chi connectivity index (χ2v) is 6.66. The van der Waals surface area contributed by atoms with Crippen LogP contribution in [0.1, 0.15) is 35.2 Å². The minimum atomic E-state index is -0.0587. The number of carbonyl (C=O) groups is 1. The van der Waals surface area contributed by atoms with Crippen molar-refractivity contribution in [1.82, 2.24) is 5.32 Å². The fraction of sp³-hybridized carbons (Fsp3) is 0.350. The van der Waals surface area contributed by atoms with Gasteiger partial charge in [-0.25, -0.2) is 0 Å². The first-order chi connectivity index (χ1) is 11.7. The van der Waals surface area contributed by atoms with Crippen LogP contribution in [0.5, 0.6) is 0 Å². The van der Waals surface area contributed by atoms with Crippen LogP contribution in [0.4, 0.5) is 5.69 Å². The molecule has 0 atom stereocenters. The maximum absolute atomic E-state index is 12.0. The van der Waals surface area contributed by atoms with Crippen LogP contribution in [0, 0.1) is 0 Å². The maximum Gasteiger partial charge on any atom is 0.251 e. The fourth-order valence-electron chi connectivity index (χ4n) is 3.05. The van der Waals surface area contributed by atoms with Crippen LogP contribution in [0.2, 0.25) is 5.02 Å². The summed E-state index contributed by atoms with van der Waals surface area (Å²) in [7, 11) is 0. The van der Waals surface area contributed by atoms with Gasteiger partial charge in [0, 0.05) is 35.9 Å². The second kappa shape index (κ2) is 8.20. The van der Waals surface area contributed by atoms with E-state index < -0.39 is 0 Å². The van der Waals surface area contributed by atoms with Gasteiger partial charge in [-0.3, -0.25) is 4.79 Å². The van der Waals surface area contributed by atoms with Gasteiger partial charge in [-0.15, -0.1) is 0 Å². The fourth-order valence-corrected chi connectivity index (χ4v) is 3.18. The highest BCUT2D eigenvalue weighted by Gasteiger charge is 2.10. The number of rotatable bonds is 5. The summed E-state index contributed by atoms with van der Waals surface area (Å²) in [6, 6.07) is 15.7. The molecule has 2 aromatic carbocycles. The first-order valence-corrected chi connectivity index (χ1v) is 8.98. The number of nitrogens with zero attached hydrogens (tertiary/aromatic N) is 1. The van der Waals surface area contributed by atoms with Gasteiger partial charge >= 0.3 is 0 Å². The number of hydrogen-bond donors (Lipinski definition) is 1. The van der Waals surface area contributed by atoms with Gasteiger partial charge in [0.1, 0.15) is 0 Å². The van der Waals surface area contributed by atoms with Gasteiger partial charge in [-0.1, -0.05) is 23.7 Å². The van der Waals surface area contributed by atoms with Crippen molar-refractivity contribution in [3.63, 3.8) is 0 Å². The highest BCUT2D eigenvalue weighted by Crippen LogP contribution is 2.20. The summed E-state index contributed by atoms with van der Waals surface area (Å²) in [6.45, 7) is 2.96. The molecule has 0 saturated carbocycles. The summed E-state index contributed by atoms with van der Waals surface area (Å²) in [4.78, 5) is 14.5. The molecule has 0 aromatic heterocycles. The molecule has 1 saturated heterocycles. The minimum absolute atomic E-state index is 0.0587. The van der Waals surface area contributed by atoms with Crippen molar-refractivity contribution >= 4 is 23.2 Å². The van der Waals surface area contributed by atoms with Crippen LogP contribution in [0.25, 0.3) is 0 Å². The summed E-state index contributed by atoms with van der Waals surface area (Å²) in [6.07, 6.45) is 4.76. The quantitative estimate of drug-likeness (QED) is 0.878. The number of carbonyl (C=O) groups excluding carboxylic acids is 1. The van der Waals surface area contributed by atoms with E-state index in [9.17, 15) is 4.79 Å². The van der Waals surface area contributed by atoms with Gasteiger partial charge in [0.25, 0.3) is 5.91 Å². The predicted molar refractivity (Wildman–Crippen MR) is 100.0 cm³/mol. The molecule has 1 amide bonds. The summed E-state index contributed by atoms with van der Waals surface area (Å²) in [5.74, 6) is -0.0587. The van der Waals surface area contributed by atoms with Crippen molar-refractivity contribution in [2.75, 3.05) is 24.5 Å². The van der Waals surface area contributed by atoms with Crippen molar-refractivity contribution in [3.05, 3.63) is 64.7 Å². The van der Waals surface area contributed by atoms with Gasteiger partial charge in [-0.2, -0.15) is 0 Å². The third-order valence-electron chi connectivity index (χ3n) is 4.46. The number of hydrogen-bond acceptors (Lipinski definition) is 2. The van der Waals surface area contributed by atoms with Crippen LogP contribution in [0.15, 0.2) is 48.5 Å². The minimum Gasteiger partial charge on any atom is -0.372 e. The second-order valence-electron chi connectivity index (χ2n) is 6.23. The molecule has 0 unspecified atom stereocenters. The van der Waals surface area contributed by atoms with E-state index in [-0.39, 0.29) is 5.91 Å². The predicted octanol–water partition coefficient (Wildman–Crippen LogP) is 4.30. The highest BCUT2D eigenvalue weighted by atomic mass is 35.5. The third-order valence-corrected chi connectivity index (χ3v) is 4.72. The number of amides is 1. The first-order valence-electron chi connectivity index (χ1n) is 8.60. The average Bonchev–Trinajstić information content (AvgIpc) is 2.63. The Balaban J connectivity index is 1.48. The lowest BCUT2D eigenvalue weighted by Gasteiger charge is -2.28. The van der Waals surface area contributed by atoms with Gasteiger partial charge in [0.2, 0.25) is 0 Å². The van der Waals surface area contributed by atoms with Crippen molar-refractivity contribution < 1.29 is 4.79 Å². The smallest absolute Gasteiger partial charge is 0.251 e. The molecule has 3 nitrogen and oxygen atoms in total. The third kappa shape index (κ3) is 4.51. The van der Waals surface area contributed by atoms with Gasteiger partial charge < -0.3 is 10.2 Å². The lowest BCUT2D eigenvalue weighted by molar-refractivity contribution is 0.0954. The Hall–Kier alpha value is -2.00. The SMILES string of the molecule is O=C(NCCc1ccc(N2CCCCC2)cc1)c1ccc(Cl)cc1. The molecule has 4 heteroatoms. The van der Waals surface area contributed by atoms with Crippen molar-refractivity contribution in [3.8, 4) is 0 Å². The first kappa shape index (κ1) is 16.8. The molecular weight excluding hydrogens is 320 g/mol. The van der Waals surface area contributed by atoms with Crippen LogP contribution < -0.4 is 10.2 Å². The number of anilines is 1. The Morgan fingerprint density at radius 3 is 2.29 bits per heavy atom. The van der Waals surface area contributed by atoms with Crippen LogP contribution in [-0.2, 0) is 6.42 Å². The zero-order chi connectivity index (χ0) is 16.8. The van der Waals surface area contributed by atoms with E-state index >= 15 is 0 Å². The van der Waals surface area contributed by atoms with E-state index in [0.29, 0.717) is 17.1 Å². The molecule has 126 valence electrons. The standard InChI is InChI=1S/C20H23ClN2O/c21-18-8-6-17(7-9-18)20(24)22-13-12-16-4-10-19(11-5-16)23-14-2-1-3-15-23/h4-11H,1-3,12-15H2,(H,22,24). The normalized spacial score (nSPS) is 14.5. The van der Waals surface area contributed by atoms with E-state index in [1.54, 1.807) is 24.3 Å². The molecule has 0 aliphatic carbocycles. The van der Waals surface area contributed by atoms with E-state index in [2.05, 4.69) is 34.5 Å². The summed E-state index contributed by atoms with van der Waals surface area (Å²) in [5, 5.41) is 3.59. The largest absolute Gasteiger partial charge is 0.372 e. The Kier molecular flexibility index (Phi) is 5.76. The van der Waals surface area contributed by atoms with Crippen LogP contribution in [-0.4, -0.2) is 25.5 Å².